The average Bonchev–Trinajstić information content (AvgIpc) is 1.81. The van der Waals surface area contributed by atoms with Crippen molar-refractivity contribution in [2.75, 3.05) is 0 Å². The van der Waals surface area contributed by atoms with Gasteiger partial charge in [0.05, 0.1) is 0 Å². The Balaban J connectivity index is 4.30. The summed E-state index contributed by atoms with van der Waals surface area (Å²) in [5.74, 6) is -0.0417. The van der Waals surface area contributed by atoms with Gasteiger partial charge in [-0.3, -0.25) is 0 Å². The lowest BCUT2D eigenvalue weighted by molar-refractivity contribution is 0.206. The predicted molar refractivity (Wildman–Crippen MR) is 36.3 cm³/mol. The summed E-state index contributed by atoms with van der Waals surface area (Å²) in [6, 6.07) is 1.68. The average molecular weight is 160 g/mol. The molecule has 3 nitrogen and oxygen atoms in total. The molecular weight excluding hydrogens is 154 g/mol. The molecule has 0 aromatic carbocycles. The van der Waals surface area contributed by atoms with E-state index < -0.39 is 5.43 Å². The van der Waals surface area contributed by atoms with Crippen LogP contribution in [0, 0.1) is 11.3 Å². The third-order valence-electron chi connectivity index (χ3n) is 0.738. The van der Waals surface area contributed by atoms with Gasteiger partial charge in [-0.05, 0) is 19.4 Å². The Morgan fingerprint density at radius 2 is 2.10 bits per heavy atom. The second-order valence-electron chi connectivity index (χ2n) is 1.78. The third kappa shape index (κ3) is 3.10. The van der Waals surface area contributed by atoms with Gasteiger partial charge in [-0.2, -0.15) is 5.26 Å². The van der Waals surface area contributed by atoms with E-state index in [4.69, 9.17) is 16.9 Å². The fourth-order valence-corrected chi connectivity index (χ4v) is 0.394. The van der Waals surface area contributed by atoms with E-state index in [2.05, 4.69) is 4.74 Å². The van der Waals surface area contributed by atoms with E-state index in [1.54, 1.807) is 19.9 Å². The second kappa shape index (κ2) is 3.91. The van der Waals surface area contributed by atoms with Gasteiger partial charge in [-0.25, -0.2) is 4.79 Å². The number of rotatable bonds is 1. The minimum absolute atomic E-state index is 0.0417. The first-order chi connectivity index (χ1) is 4.57. The molecule has 4 heteroatoms. The van der Waals surface area contributed by atoms with Crippen molar-refractivity contribution in [2.45, 2.75) is 13.8 Å². The minimum atomic E-state index is -0.988. The number of allylic oxidation sites excluding steroid dienone is 2. The summed E-state index contributed by atoms with van der Waals surface area (Å²) in [5.41, 5.74) is -0.366. The number of nitriles is 1. The summed E-state index contributed by atoms with van der Waals surface area (Å²) in [6.07, 6.45) is 0. The Bertz CT molecular complexity index is 210. The normalized spacial score (nSPS) is 7.80. The van der Waals surface area contributed by atoms with Crippen LogP contribution >= 0.6 is 11.6 Å². The summed E-state index contributed by atoms with van der Waals surface area (Å²) >= 11 is 4.85. The summed E-state index contributed by atoms with van der Waals surface area (Å²) in [7, 11) is 0. The zero-order valence-corrected chi connectivity index (χ0v) is 6.40. The maximum atomic E-state index is 10.1. The topological polar surface area (TPSA) is 50.1 Å². The molecule has 0 aliphatic carbocycles. The highest BCUT2D eigenvalue weighted by molar-refractivity contribution is 6.61. The van der Waals surface area contributed by atoms with Crippen molar-refractivity contribution in [3.8, 4) is 6.07 Å². The number of hydrogen-bond acceptors (Lipinski definition) is 3. The van der Waals surface area contributed by atoms with Crippen LogP contribution in [0.4, 0.5) is 4.79 Å². The van der Waals surface area contributed by atoms with Crippen LogP contribution in [0.1, 0.15) is 13.8 Å². The van der Waals surface area contributed by atoms with Crippen LogP contribution in [0.3, 0.4) is 0 Å². The summed E-state index contributed by atoms with van der Waals surface area (Å²) in [4.78, 5) is 10.1. The molecule has 0 saturated carbocycles. The molecule has 0 aliphatic heterocycles. The first-order valence-electron chi connectivity index (χ1n) is 2.52. The summed E-state index contributed by atoms with van der Waals surface area (Å²) < 4.78 is 4.31. The van der Waals surface area contributed by atoms with Crippen molar-refractivity contribution < 1.29 is 9.53 Å². The highest BCUT2D eigenvalue weighted by Gasteiger charge is 2.02. The van der Waals surface area contributed by atoms with Gasteiger partial charge in [0.1, 0.15) is 6.07 Å². The van der Waals surface area contributed by atoms with Crippen LogP contribution < -0.4 is 0 Å². The standard InChI is InChI=1S/C6H6ClNO2/c1-4(2)5(3-8)10-6(7)9/h1-2H3. The maximum Gasteiger partial charge on any atom is 0.409 e. The fraction of sp³-hybridized carbons (Fsp3) is 0.333. The smallest absolute Gasteiger partial charge is 0.403 e. The van der Waals surface area contributed by atoms with Crippen LogP contribution in [0.25, 0.3) is 0 Å². The molecular formula is C6H6ClNO2. The van der Waals surface area contributed by atoms with Gasteiger partial charge in [-0.15, -0.1) is 0 Å². The largest absolute Gasteiger partial charge is 0.409 e. The Labute approximate surface area is 63.8 Å². The van der Waals surface area contributed by atoms with Gasteiger partial charge in [-0.1, -0.05) is 0 Å². The van der Waals surface area contributed by atoms with Gasteiger partial charge in [0.25, 0.3) is 0 Å². The molecule has 10 heavy (non-hydrogen) atoms. The summed E-state index contributed by atoms with van der Waals surface area (Å²) in [6.45, 7) is 3.30. The molecule has 0 unspecified atom stereocenters. The molecule has 54 valence electrons. The van der Waals surface area contributed by atoms with Crippen LogP contribution in [-0.2, 0) is 4.74 Å². The van der Waals surface area contributed by atoms with E-state index in [-0.39, 0.29) is 5.76 Å². The molecule has 0 aliphatic rings. The molecule has 0 fully saturated rings. The first kappa shape index (κ1) is 8.99. The summed E-state index contributed by atoms with van der Waals surface area (Å²) in [5, 5.41) is 8.30. The van der Waals surface area contributed by atoms with E-state index in [1.165, 1.54) is 0 Å². The van der Waals surface area contributed by atoms with E-state index in [0.717, 1.165) is 0 Å². The highest BCUT2D eigenvalue weighted by atomic mass is 35.5. The van der Waals surface area contributed by atoms with Crippen molar-refractivity contribution in [1.82, 2.24) is 0 Å². The molecule has 0 rings (SSSR count). The number of halogens is 1. The van der Waals surface area contributed by atoms with Crippen molar-refractivity contribution in [2.24, 2.45) is 0 Å². The van der Waals surface area contributed by atoms with Gasteiger partial charge in [0, 0.05) is 11.6 Å². The molecule has 0 amide bonds. The zero-order valence-electron chi connectivity index (χ0n) is 5.64. The molecule has 0 aromatic rings. The lowest BCUT2D eigenvalue weighted by Crippen LogP contribution is -1.93. The number of carbonyl (C=O) groups excluding carboxylic acids is 1. The van der Waals surface area contributed by atoms with Gasteiger partial charge >= 0.3 is 5.43 Å². The third-order valence-corrected chi connectivity index (χ3v) is 0.815. The monoisotopic (exact) mass is 159 g/mol. The van der Waals surface area contributed by atoms with E-state index in [9.17, 15) is 4.79 Å². The van der Waals surface area contributed by atoms with E-state index >= 15 is 0 Å². The Morgan fingerprint density at radius 3 is 2.20 bits per heavy atom. The van der Waals surface area contributed by atoms with Gasteiger partial charge in [0.15, 0.2) is 0 Å². The molecule has 0 atom stereocenters. The Kier molecular flexibility index (Phi) is 3.52. The van der Waals surface area contributed by atoms with Crippen molar-refractivity contribution >= 4 is 17.0 Å². The van der Waals surface area contributed by atoms with Crippen molar-refractivity contribution in [1.29, 1.82) is 5.26 Å². The van der Waals surface area contributed by atoms with E-state index in [0.29, 0.717) is 5.57 Å². The second-order valence-corrected chi connectivity index (χ2v) is 2.09. The van der Waals surface area contributed by atoms with Crippen LogP contribution in [0.15, 0.2) is 11.3 Å². The Morgan fingerprint density at radius 1 is 1.60 bits per heavy atom. The van der Waals surface area contributed by atoms with Gasteiger partial charge < -0.3 is 4.74 Å². The molecule has 0 radical (unpaired) electrons. The Hall–Kier alpha value is -1.01. The molecule has 0 N–H and O–H groups in total. The molecule has 0 saturated heterocycles. The van der Waals surface area contributed by atoms with Gasteiger partial charge in [0.2, 0.25) is 5.76 Å². The zero-order chi connectivity index (χ0) is 8.15. The lowest BCUT2D eigenvalue weighted by Gasteiger charge is -1.96. The van der Waals surface area contributed by atoms with Crippen molar-refractivity contribution in [3.05, 3.63) is 11.3 Å². The molecule has 0 bridgehead atoms. The number of ether oxygens (including phenoxy) is 1. The van der Waals surface area contributed by atoms with Crippen LogP contribution in [-0.4, -0.2) is 5.43 Å². The minimum Gasteiger partial charge on any atom is -0.403 e. The highest BCUT2D eigenvalue weighted by Crippen LogP contribution is 2.05. The predicted octanol–water partition coefficient (Wildman–Crippen LogP) is 2.18. The number of nitrogens with zero attached hydrogens (tertiary/aromatic N) is 1. The number of carbonyl (C=O) groups is 1. The van der Waals surface area contributed by atoms with Crippen LogP contribution in [0.2, 0.25) is 0 Å². The van der Waals surface area contributed by atoms with E-state index in [1.807, 2.05) is 0 Å². The lowest BCUT2D eigenvalue weighted by atomic mass is 10.3. The van der Waals surface area contributed by atoms with Crippen molar-refractivity contribution in [3.63, 3.8) is 0 Å². The van der Waals surface area contributed by atoms with Crippen LogP contribution in [0.5, 0.6) is 0 Å². The SMILES string of the molecule is CC(C)=C(C#N)OC(=O)Cl. The quantitative estimate of drug-likeness (QED) is 0.335. The molecule has 0 aromatic heterocycles. The fourth-order valence-electron chi connectivity index (χ4n) is 0.317. The maximum absolute atomic E-state index is 10.1. The molecule has 0 heterocycles. The first-order valence-corrected chi connectivity index (χ1v) is 2.90. The number of hydrogen-bond donors (Lipinski definition) is 0. The molecule has 0 spiro atoms.